The molecule has 0 fully saturated rings. The van der Waals surface area contributed by atoms with E-state index in [2.05, 4.69) is 25.1 Å². The Bertz CT molecular complexity index is 423. The molecule has 2 nitrogen and oxygen atoms in total. The van der Waals surface area contributed by atoms with E-state index < -0.39 is 0 Å². The first-order chi connectivity index (χ1) is 6.71. The van der Waals surface area contributed by atoms with Gasteiger partial charge < -0.3 is 9.40 Å². The molecule has 0 radical (unpaired) electrons. The lowest BCUT2D eigenvalue weighted by Crippen LogP contribution is -1.78. The molecular formula is C11H13NOS. The summed E-state index contributed by atoms with van der Waals surface area (Å²) in [7, 11) is 0. The Morgan fingerprint density at radius 1 is 1.57 bits per heavy atom. The maximum absolute atomic E-state index is 5.30. The monoisotopic (exact) mass is 207 g/mol. The third-order valence-electron chi connectivity index (χ3n) is 1.90. The highest BCUT2D eigenvalue weighted by Crippen LogP contribution is 2.15. The van der Waals surface area contributed by atoms with Gasteiger partial charge in [0.2, 0.25) is 0 Å². The molecule has 74 valence electrons. The summed E-state index contributed by atoms with van der Waals surface area (Å²) >= 11 is 4.89. The summed E-state index contributed by atoms with van der Waals surface area (Å²) < 4.78 is 5.30. The molecule has 0 atom stereocenters. The summed E-state index contributed by atoms with van der Waals surface area (Å²) in [4.78, 5) is 3.27. The summed E-state index contributed by atoms with van der Waals surface area (Å²) in [5.41, 5.74) is 1.91. The van der Waals surface area contributed by atoms with E-state index in [1.807, 2.05) is 6.08 Å². The molecule has 0 aliphatic carbocycles. The summed E-state index contributed by atoms with van der Waals surface area (Å²) in [6.45, 7) is 9.45. The average molecular weight is 207 g/mol. The molecule has 0 amide bonds. The van der Waals surface area contributed by atoms with Crippen LogP contribution in [-0.2, 0) is 0 Å². The first-order valence-corrected chi connectivity index (χ1v) is 4.80. The second-order valence-corrected chi connectivity index (χ2v) is 3.14. The van der Waals surface area contributed by atoms with Crippen molar-refractivity contribution in [1.29, 1.82) is 0 Å². The average Bonchev–Trinajstić information content (AvgIpc) is 2.55. The molecular weight excluding hydrogens is 194 g/mol. The predicted octanol–water partition coefficient (Wildman–Crippen LogP) is 3.96. The van der Waals surface area contributed by atoms with Crippen LogP contribution in [0.15, 0.2) is 29.2 Å². The van der Waals surface area contributed by atoms with E-state index in [1.165, 1.54) is 0 Å². The van der Waals surface area contributed by atoms with E-state index in [-0.39, 0.29) is 0 Å². The zero-order valence-electron chi connectivity index (χ0n) is 8.17. The molecule has 1 aromatic rings. The Hall–Kier alpha value is -1.35. The fraction of sp³-hybridized carbons (Fsp3) is 0.182. The summed E-state index contributed by atoms with van der Waals surface area (Å²) in [5.74, 6) is 0.710. The number of hydrogen-bond acceptors (Lipinski definition) is 2. The zero-order chi connectivity index (χ0) is 10.6. The van der Waals surface area contributed by atoms with Crippen molar-refractivity contribution in [2.75, 3.05) is 0 Å². The van der Waals surface area contributed by atoms with E-state index in [9.17, 15) is 0 Å². The Morgan fingerprint density at radius 2 is 2.29 bits per heavy atom. The number of hydrogen-bond donors (Lipinski definition) is 1. The van der Waals surface area contributed by atoms with Gasteiger partial charge in [-0.15, -0.1) is 0 Å². The molecule has 1 heterocycles. The van der Waals surface area contributed by atoms with E-state index in [0.717, 1.165) is 17.7 Å². The first-order valence-electron chi connectivity index (χ1n) is 4.39. The zero-order valence-corrected chi connectivity index (χ0v) is 8.99. The first kappa shape index (κ1) is 10.7. The van der Waals surface area contributed by atoms with Crippen LogP contribution in [0.25, 0.3) is 12.2 Å². The second-order valence-electron chi connectivity index (χ2n) is 2.77. The van der Waals surface area contributed by atoms with Crippen molar-refractivity contribution in [2.24, 2.45) is 0 Å². The largest absolute Gasteiger partial charge is 0.429 e. The molecule has 0 aromatic carbocycles. The number of oxazole rings is 1. The van der Waals surface area contributed by atoms with E-state index in [0.29, 0.717) is 10.6 Å². The fourth-order valence-electron chi connectivity index (χ4n) is 1.08. The van der Waals surface area contributed by atoms with Gasteiger partial charge in [0, 0.05) is 0 Å². The molecule has 0 aliphatic heterocycles. The van der Waals surface area contributed by atoms with Gasteiger partial charge >= 0.3 is 0 Å². The normalized spacial score (nSPS) is 11.4. The van der Waals surface area contributed by atoms with Crippen LogP contribution in [0.5, 0.6) is 0 Å². The fourth-order valence-corrected chi connectivity index (χ4v) is 1.28. The van der Waals surface area contributed by atoms with Crippen molar-refractivity contribution >= 4 is 24.4 Å². The van der Waals surface area contributed by atoms with Crippen molar-refractivity contribution in [3.63, 3.8) is 0 Å². The Balaban J connectivity index is 3.18. The number of rotatable bonds is 4. The van der Waals surface area contributed by atoms with Crippen LogP contribution in [0.4, 0.5) is 0 Å². The molecule has 0 saturated heterocycles. The highest BCUT2D eigenvalue weighted by Gasteiger charge is 2.02. The molecule has 14 heavy (non-hydrogen) atoms. The van der Waals surface area contributed by atoms with Gasteiger partial charge in [0.1, 0.15) is 0 Å². The van der Waals surface area contributed by atoms with E-state index in [4.69, 9.17) is 16.6 Å². The highest BCUT2D eigenvalue weighted by atomic mass is 32.1. The topological polar surface area (TPSA) is 28.9 Å². The van der Waals surface area contributed by atoms with Gasteiger partial charge in [0.25, 0.3) is 4.84 Å². The number of H-pyrrole nitrogens is 1. The van der Waals surface area contributed by atoms with Crippen molar-refractivity contribution < 1.29 is 4.42 Å². The van der Waals surface area contributed by atoms with E-state index in [1.54, 1.807) is 12.2 Å². The van der Waals surface area contributed by atoms with Crippen LogP contribution >= 0.6 is 12.2 Å². The maximum atomic E-state index is 5.30. The minimum absolute atomic E-state index is 0.366. The quantitative estimate of drug-likeness (QED) is 0.598. The van der Waals surface area contributed by atoms with Gasteiger partial charge in [-0.1, -0.05) is 26.2 Å². The molecule has 0 aliphatic rings. The lowest BCUT2D eigenvalue weighted by Gasteiger charge is -1.94. The van der Waals surface area contributed by atoms with Crippen molar-refractivity contribution in [2.45, 2.75) is 13.3 Å². The number of aromatic amines is 1. The minimum atomic E-state index is 0.366. The molecule has 0 bridgehead atoms. The highest BCUT2D eigenvalue weighted by molar-refractivity contribution is 7.71. The SMILES string of the molecule is C=C/C(=C\c1oc(=S)[nH]c1C=C)CC. The lowest BCUT2D eigenvalue weighted by atomic mass is 10.1. The van der Waals surface area contributed by atoms with Crippen LogP contribution in [0.2, 0.25) is 0 Å². The van der Waals surface area contributed by atoms with Crippen LogP contribution in [0, 0.1) is 4.84 Å². The standard InChI is InChI=1S/C11H13NOS/c1-4-8(5-2)7-10-9(6-3)12-11(14)13-10/h4,6-7H,1,3,5H2,2H3,(H,12,14)/b8-7+. The summed E-state index contributed by atoms with van der Waals surface area (Å²) in [6.07, 6.45) is 6.31. The molecule has 1 aromatic heterocycles. The number of nitrogens with one attached hydrogen (secondary N) is 1. The molecule has 3 heteroatoms. The van der Waals surface area contributed by atoms with Crippen molar-refractivity contribution in [1.82, 2.24) is 4.98 Å². The van der Waals surface area contributed by atoms with Crippen LogP contribution in [0.1, 0.15) is 24.8 Å². The van der Waals surface area contributed by atoms with E-state index >= 15 is 0 Å². The van der Waals surface area contributed by atoms with Crippen LogP contribution in [0.3, 0.4) is 0 Å². The minimum Gasteiger partial charge on any atom is -0.429 e. The molecule has 0 unspecified atom stereocenters. The van der Waals surface area contributed by atoms with Gasteiger partial charge in [0.15, 0.2) is 5.76 Å². The van der Waals surface area contributed by atoms with Crippen LogP contribution < -0.4 is 0 Å². The third-order valence-corrected chi connectivity index (χ3v) is 2.08. The number of allylic oxidation sites excluding steroid dienone is 2. The summed E-state index contributed by atoms with van der Waals surface area (Å²) in [6, 6.07) is 0. The number of aromatic nitrogens is 1. The third kappa shape index (κ3) is 2.33. The van der Waals surface area contributed by atoms with Gasteiger partial charge in [0.05, 0.1) is 5.69 Å². The Kier molecular flexibility index (Phi) is 3.65. The second kappa shape index (κ2) is 4.77. The Morgan fingerprint density at radius 3 is 2.79 bits per heavy atom. The predicted molar refractivity (Wildman–Crippen MR) is 62.4 cm³/mol. The smallest absolute Gasteiger partial charge is 0.266 e. The summed E-state index contributed by atoms with van der Waals surface area (Å²) in [5, 5.41) is 0. The van der Waals surface area contributed by atoms with Gasteiger partial charge in [-0.05, 0) is 36.4 Å². The lowest BCUT2D eigenvalue weighted by molar-refractivity contribution is 0.531. The van der Waals surface area contributed by atoms with Crippen molar-refractivity contribution in [3.05, 3.63) is 41.1 Å². The van der Waals surface area contributed by atoms with Crippen molar-refractivity contribution in [3.8, 4) is 0 Å². The Labute approximate surface area is 88.7 Å². The maximum Gasteiger partial charge on any atom is 0.266 e. The molecule has 0 saturated carbocycles. The van der Waals surface area contributed by atoms with Crippen LogP contribution in [-0.4, -0.2) is 4.98 Å². The van der Waals surface area contributed by atoms with Gasteiger partial charge in [-0.2, -0.15) is 0 Å². The molecule has 1 rings (SSSR count). The molecule has 0 spiro atoms. The molecule has 1 N–H and O–H groups in total. The van der Waals surface area contributed by atoms with Gasteiger partial charge in [-0.25, -0.2) is 0 Å². The van der Waals surface area contributed by atoms with Gasteiger partial charge in [-0.3, -0.25) is 0 Å².